The second-order valence-corrected chi connectivity index (χ2v) is 6.39. The number of aromatic nitrogens is 1. The Balaban J connectivity index is 2.44. The summed E-state index contributed by atoms with van der Waals surface area (Å²) < 4.78 is 1.09. The van der Waals surface area contributed by atoms with Gasteiger partial charge in [0.15, 0.2) is 0 Å². The van der Waals surface area contributed by atoms with E-state index in [1.165, 1.54) is 5.69 Å². The van der Waals surface area contributed by atoms with Crippen molar-refractivity contribution >= 4 is 49.1 Å². The third-order valence-electron chi connectivity index (χ3n) is 3.64. The summed E-state index contributed by atoms with van der Waals surface area (Å²) in [5.74, 6) is 0. The molecule has 3 nitrogen and oxygen atoms in total. The number of benzene rings is 2. The molecule has 2 aromatic carbocycles. The second kappa shape index (κ2) is 5.19. The summed E-state index contributed by atoms with van der Waals surface area (Å²) in [7, 11) is 8.24. The first-order valence-electron chi connectivity index (χ1n) is 6.85. The first-order chi connectivity index (χ1) is 9.99. The molecule has 108 valence electrons. The summed E-state index contributed by atoms with van der Waals surface area (Å²) >= 11 is 3.78. The molecule has 21 heavy (non-hydrogen) atoms. The molecule has 1 heterocycles. The van der Waals surface area contributed by atoms with Crippen molar-refractivity contribution < 1.29 is 0 Å². The van der Waals surface area contributed by atoms with Crippen LogP contribution in [0.25, 0.3) is 21.8 Å². The van der Waals surface area contributed by atoms with E-state index in [-0.39, 0.29) is 0 Å². The number of fused-ring (bicyclic) bond motifs is 2. The van der Waals surface area contributed by atoms with Crippen LogP contribution in [0, 0.1) is 0 Å². The van der Waals surface area contributed by atoms with Gasteiger partial charge in [0, 0.05) is 39.0 Å². The minimum Gasteiger partial charge on any atom is -0.376 e. The van der Waals surface area contributed by atoms with E-state index in [9.17, 15) is 0 Å². The molecule has 3 rings (SSSR count). The van der Waals surface area contributed by atoms with Crippen molar-refractivity contribution in [3.8, 4) is 0 Å². The fourth-order valence-corrected chi connectivity index (χ4v) is 3.50. The number of hydrogen-bond acceptors (Lipinski definition) is 3. The normalized spacial score (nSPS) is 11.1. The lowest BCUT2D eigenvalue weighted by molar-refractivity contribution is 1.07. The number of hydrogen-bond donors (Lipinski definition) is 0. The number of anilines is 2. The van der Waals surface area contributed by atoms with E-state index >= 15 is 0 Å². The first kappa shape index (κ1) is 14.1. The summed E-state index contributed by atoms with van der Waals surface area (Å²) in [5.41, 5.74) is 4.36. The summed E-state index contributed by atoms with van der Waals surface area (Å²) in [6.45, 7) is 0. The van der Waals surface area contributed by atoms with E-state index in [0.29, 0.717) is 0 Å². The molecular weight excluding hydrogens is 326 g/mol. The minimum atomic E-state index is 1.01. The van der Waals surface area contributed by atoms with Crippen molar-refractivity contribution in [3.05, 3.63) is 40.9 Å². The molecule has 0 saturated heterocycles. The quantitative estimate of drug-likeness (QED) is 0.647. The highest BCUT2D eigenvalue weighted by atomic mass is 79.9. The van der Waals surface area contributed by atoms with Crippen molar-refractivity contribution in [2.24, 2.45) is 0 Å². The van der Waals surface area contributed by atoms with Gasteiger partial charge in [-0.15, -0.1) is 0 Å². The van der Waals surface area contributed by atoms with Gasteiger partial charge in [0.1, 0.15) is 0 Å². The fourth-order valence-electron chi connectivity index (χ4n) is 2.62. The Kier molecular flexibility index (Phi) is 3.49. The topological polar surface area (TPSA) is 19.4 Å². The van der Waals surface area contributed by atoms with E-state index < -0.39 is 0 Å². The molecule has 0 N–H and O–H groups in total. The van der Waals surface area contributed by atoms with Crippen LogP contribution >= 0.6 is 15.9 Å². The predicted octanol–water partition coefficient (Wildman–Crippen LogP) is 4.28. The van der Waals surface area contributed by atoms with Crippen LogP contribution in [0.3, 0.4) is 0 Å². The molecule has 0 aliphatic rings. The van der Waals surface area contributed by atoms with Gasteiger partial charge in [-0.05, 0) is 34.1 Å². The maximum Gasteiger partial charge on any atom is 0.0750 e. The Hall–Kier alpha value is -1.81. The Morgan fingerprint density at radius 2 is 1.62 bits per heavy atom. The Morgan fingerprint density at radius 1 is 0.905 bits per heavy atom. The van der Waals surface area contributed by atoms with Crippen LogP contribution in [0.1, 0.15) is 0 Å². The van der Waals surface area contributed by atoms with Gasteiger partial charge in [0.05, 0.1) is 26.9 Å². The Labute approximate surface area is 133 Å². The van der Waals surface area contributed by atoms with E-state index in [1.807, 2.05) is 12.1 Å². The van der Waals surface area contributed by atoms with Gasteiger partial charge in [-0.25, -0.2) is 4.98 Å². The molecule has 4 heteroatoms. The van der Waals surface area contributed by atoms with Crippen LogP contribution in [-0.4, -0.2) is 33.2 Å². The lowest BCUT2D eigenvalue weighted by Crippen LogP contribution is -2.17. The third kappa shape index (κ3) is 2.33. The highest BCUT2D eigenvalue weighted by Gasteiger charge is 2.16. The molecule has 0 aliphatic carbocycles. The van der Waals surface area contributed by atoms with Crippen molar-refractivity contribution in [2.75, 3.05) is 38.0 Å². The summed E-state index contributed by atoms with van der Waals surface area (Å²) in [6.07, 6.45) is 0. The molecule has 0 fully saturated rings. The van der Waals surface area contributed by atoms with Crippen molar-refractivity contribution in [1.82, 2.24) is 4.98 Å². The number of nitrogens with zero attached hydrogens (tertiary/aromatic N) is 3. The monoisotopic (exact) mass is 343 g/mol. The molecule has 0 radical (unpaired) electrons. The Bertz CT molecular complexity index is 825. The molecular formula is C17H18BrN3. The van der Waals surface area contributed by atoms with Gasteiger partial charge in [-0.3, -0.25) is 0 Å². The molecule has 0 spiro atoms. The maximum absolute atomic E-state index is 4.81. The predicted molar refractivity (Wildman–Crippen MR) is 95.6 cm³/mol. The van der Waals surface area contributed by atoms with E-state index in [4.69, 9.17) is 4.98 Å². The van der Waals surface area contributed by atoms with Gasteiger partial charge in [-0.1, -0.05) is 18.2 Å². The molecule has 0 aliphatic heterocycles. The van der Waals surface area contributed by atoms with Crippen LogP contribution in [0.5, 0.6) is 0 Å². The van der Waals surface area contributed by atoms with Gasteiger partial charge in [0.2, 0.25) is 0 Å². The summed E-state index contributed by atoms with van der Waals surface area (Å²) in [5, 5.41) is 2.30. The highest BCUT2D eigenvalue weighted by Crippen LogP contribution is 2.41. The number of pyridine rings is 1. The fraction of sp³-hybridized carbons (Fsp3) is 0.235. The van der Waals surface area contributed by atoms with Gasteiger partial charge in [-0.2, -0.15) is 0 Å². The summed E-state index contributed by atoms with van der Waals surface area (Å²) in [6, 6.07) is 12.6. The van der Waals surface area contributed by atoms with Crippen LogP contribution in [0.2, 0.25) is 0 Å². The van der Waals surface area contributed by atoms with Gasteiger partial charge >= 0.3 is 0 Å². The number of rotatable bonds is 2. The maximum atomic E-state index is 4.81. The van der Waals surface area contributed by atoms with Crippen LogP contribution in [0.4, 0.5) is 11.4 Å². The van der Waals surface area contributed by atoms with Gasteiger partial charge in [0.25, 0.3) is 0 Å². The average molecular weight is 344 g/mol. The summed E-state index contributed by atoms with van der Waals surface area (Å²) in [4.78, 5) is 9.06. The average Bonchev–Trinajstić information content (AvgIpc) is 2.44. The van der Waals surface area contributed by atoms with Crippen LogP contribution in [0.15, 0.2) is 40.9 Å². The molecule has 0 bridgehead atoms. The Morgan fingerprint density at radius 3 is 2.29 bits per heavy atom. The lowest BCUT2D eigenvalue weighted by atomic mass is 10.1. The standard InChI is InChI=1S/C17H18BrN3/c1-20(2)15-10-14-12(16(18)17(15)21(3)4)9-11-7-5-6-8-13(11)19-14/h5-10H,1-4H3. The first-order valence-corrected chi connectivity index (χ1v) is 7.65. The number of para-hydroxylation sites is 1. The van der Waals surface area contributed by atoms with Crippen LogP contribution < -0.4 is 9.80 Å². The second-order valence-electron chi connectivity index (χ2n) is 5.59. The molecule has 0 saturated carbocycles. The highest BCUT2D eigenvalue weighted by molar-refractivity contribution is 9.10. The molecule has 0 atom stereocenters. The zero-order valence-corrected chi connectivity index (χ0v) is 14.3. The van der Waals surface area contributed by atoms with Crippen molar-refractivity contribution in [3.63, 3.8) is 0 Å². The van der Waals surface area contributed by atoms with E-state index in [2.05, 4.69) is 78.2 Å². The smallest absolute Gasteiger partial charge is 0.0750 e. The number of halogens is 1. The van der Waals surface area contributed by atoms with E-state index in [1.54, 1.807) is 0 Å². The molecule has 1 aromatic heterocycles. The minimum absolute atomic E-state index is 1.01. The zero-order chi connectivity index (χ0) is 15.1. The molecule has 0 unspecified atom stereocenters. The van der Waals surface area contributed by atoms with Gasteiger partial charge < -0.3 is 9.80 Å². The van der Waals surface area contributed by atoms with Crippen molar-refractivity contribution in [1.29, 1.82) is 0 Å². The molecule has 3 aromatic rings. The van der Waals surface area contributed by atoms with Crippen molar-refractivity contribution in [2.45, 2.75) is 0 Å². The SMILES string of the molecule is CN(C)c1cc2nc3ccccc3cc2c(Br)c1N(C)C. The lowest BCUT2D eigenvalue weighted by Gasteiger charge is -2.25. The van der Waals surface area contributed by atoms with E-state index in [0.717, 1.165) is 32.0 Å². The zero-order valence-electron chi connectivity index (χ0n) is 12.7. The third-order valence-corrected chi connectivity index (χ3v) is 4.45. The largest absolute Gasteiger partial charge is 0.376 e. The van der Waals surface area contributed by atoms with Crippen LogP contribution in [-0.2, 0) is 0 Å². The molecule has 0 amide bonds.